The first kappa shape index (κ1) is 15.8. The van der Waals surface area contributed by atoms with E-state index in [9.17, 15) is 4.79 Å². The number of benzene rings is 1. The van der Waals surface area contributed by atoms with E-state index in [4.69, 9.17) is 4.74 Å². The van der Waals surface area contributed by atoms with Crippen molar-refractivity contribution in [2.45, 2.75) is 33.1 Å². The van der Waals surface area contributed by atoms with Crippen molar-refractivity contribution in [3.63, 3.8) is 0 Å². The molecule has 1 N–H and O–H groups in total. The quantitative estimate of drug-likeness (QED) is 0.923. The number of hydrogen-bond donors (Lipinski definition) is 1. The lowest BCUT2D eigenvalue weighted by Crippen LogP contribution is -2.34. The second kappa shape index (κ2) is 7.46. The first-order valence-electron chi connectivity index (χ1n) is 7.74. The third-order valence-corrected chi connectivity index (χ3v) is 4.15. The van der Waals surface area contributed by atoms with Crippen LogP contribution in [0.2, 0.25) is 0 Å². The number of nitrogens with one attached hydrogen (secondary N) is 1. The van der Waals surface area contributed by atoms with E-state index in [1.165, 1.54) is 11.1 Å². The summed E-state index contributed by atoms with van der Waals surface area (Å²) in [4.78, 5) is 14.3. The average molecular weight is 290 g/mol. The number of carbonyl (C=O) groups excluding carboxylic acids is 1. The van der Waals surface area contributed by atoms with Crippen LogP contribution in [0.25, 0.3) is 0 Å². The molecule has 1 saturated heterocycles. The number of methoxy groups -OCH3 is 1. The van der Waals surface area contributed by atoms with Gasteiger partial charge in [0.05, 0.1) is 7.11 Å². The average Bonchev–Trinajstić information content (AvgIpc) is 2.76. The molecular formula is C17H26N2O2. The van der Waals surface area contributed by atoms with Gasteiger partial charge in [-0.05, 0) is 56.0 Å². The van der Waals surface area contributed by atoms with Crippen LogP contribution >= 0.6 is 0 Å². The highest BCUT2D eigenvalue weighted by atomic mass is 16.5. The van der Waals surface area contributed by atoms with Crippen LogP contribution in [0.5, 0.6) is 5.75 Å². The van der Waals surface area contributed by atoms with Gasteiger partial charge in [-0.25, -0.2) is 0 Å². The molecule has 0 saturated carbocycles. The molecule has 116 valence electrons. The van der Waals surface area contributed by atoms with Gasteiger partial charge < -0.3 is 15.0 Å². The minimum Gasteiger partial charge on any atom is -0.496 e. The van der Waals surface area contributed by atoms with Gasteiger partial charge in [0.1, 0.15) is 5.75 Å². The number of aryl methyl sites for hydroxylation is 3. The molecule has 1 aromatic rings. The van der Waals surface area contributed by atoms with Gasteiger partial charge in [-0.3, -0.25) is 4.79 Å². The smallest absolute Gasteiger partial charge is 0.222 e. The van der Waals surface area contributed by atoms with Crippen molar-refractivity contribution < 1.29 is 9.53 Å². The number of rotatable bonds is 4. The molecular weight excluding hydrogens is 264 g/mol. The van der Waals surface area contributed by atoms with Gasteiger partial charge in [0.25, 0.3) is 0 Å². The fraction of sp³-hybridized carbons (Fsp3) is 0.588. The fourth-order valence-corrected chi connectivity index (χ4v) is 2.83. The number of nitrogens with zero attached hydrogens (tertiary/aromatic N) is 1. The van der Waals surface area contributed by atoms with Gasteiger partial charge in [0.2, 0.25) is 5.91 Å². The Morgan fingerprint density at radius 3 is 2.81 bits per heavy atom. The first-order chi connectivity index (χ1) is 10.1. The molecule has 1 aliphatic rings. The molecule has 0 aliphatic carbocycles. The Bertz CT molecular complexity index is 492. The number of carbonyl (C=O) groups is 1. The molecule has 4 heteroatoms. The lowest BCUT2D eigenvalue weighted by Gasteiger charge is -2.20. The molecule has 2 rings (SSSR count). The van der Waals surface area contributed by atoms with Crippen LogP contribution in [0, 0.1) is 13.8 Å². The van der Waals surface area contributed by atoms with E-state index in [-0.39, 0.29) is 5.91 Å². The second-order valence-corrected chi connectivity index (χ2v) is 5.73. The Hall–Kier alpha value is -1.55. The van der Waals surface area contributed by atoms with E-state index in [1.54, 1.807) is 7.11 Å². The van der Waals surface area contributed by atoms with E-state index in [2.05, 4.69) is 24.4 Å². The number of ether oxygens (including phenoxy) is 1. The molecule has 1 aliphatic heterocycles. The second-order valence-electron chi connectivity index (χ2n) is 5.73. The van der Waals surface area contributed by atoms with Crippen LogP contribution in [0.4, 0.5) is 0 Å². The van der Waals surface area contributed by atoms with Crippen molar-refractivity contribution in [3.05, 3.63) is 28.8 Å². The van der Waals surface area contributed by atoms with Gasteiger partial charge in [-0.1, -0.05) is 6.07 Å². The molecule has 0 spiro atoms. The van der Waals surface area contributed by atoms with E-state index in [1.807, 2.05) is 11.8 Å². The van der Waals surface area contributed by atoms with E-state index < -0.39 is 0 Å². The van der Waals surface area contributed by atoms with Gasteiger partial charge in [0.15, 0.2) is 0 Å². The molecule has 0 aromatic heterocycles. The summed E-state index contributed by atoms with van der Waals surface area (Å²) in [5, 5.41) is 3.33. The number of amides is 1. The maximum absolute atomic E-state index is 12.3. The normalized spacial score (nSPS) is 15.7. The number of hydrogen-bond acceptors (Lipinski definition) is 3. The maximum atomic E-state index is 12.3. The Morgan fingerprint density at radius 2 is 2.05 bits per heavy atom. The molecule has 1 heterocycles. The molecule has 1 amide bonds. The Labute approximate surface area is 127 Å². The van der Waals surface area contributed by atoms with Crippen molar-refractivity contribution in [2.75, 3.05) is 33.3 Å². The topological polar surface area (TPSA) is 41.6 Å². The minimum atomic E-state index is 0.270. The van der Waals surface area contributed by atoms with Crippen molar-refractivity contribution in [1.29, 1.82) is 0 Å². The monoisotopic (exact) mass is 290 g/mol. The highest BCUT2D eigenvalue weighted by Crippen LogP contribution is 2.23. The van der Waals surface area contributed by atoms with Crippen molar-refractivity contribution in [3.8, 4) is 5.75 Å². The molecule has 4 nitrogen and oxygen atoms in total. The largest absolute Gasteiger partial charge is 0.496 e. The summed E-state index contributed by atoms with van der Waals surface area (Å²) in [5.41, 5.74) is 3.57. The minimum absolute atomic E-state index is 0.270. The zero-order chi connectivity index (χ0) is 15.2. The first-order valence-corrected chi connectivity index (χ1v) is 7.74. The van der Waals surface area contributed by atoms with E-state index >= 15 is 0 Å². The molecule has 0 unspecified atom stereocenters. The SMILES string of the molecule is COc1cc(C)c(CCC(=O)N2CCCNCC2)cc1C. The highest BCUT2D eigenvalue weighted by Gasteiger charge is 2.15. The fourth-order valence-electron chi connectivity index (χ4n) is 2.83. The lowest BCUT2D eigenvalue weighted by molar-refractivity contribution is -0.130. The molecule has 0 atom stereocenters. The lowest BCUT2D eigenvalue weighted by atomic mass is 10.00. The summed E-state index contributed by atoms with van der Waals surface area (Å²) < 4.78 is 5.33. The third-order valence-electron chi connectivity index (χ3n) is 4.15. The van der Waals surface area contributed by atoms with Crippen molar-refractivity contribution in [1.82, 2.24) is 10.2 Å². The molecule has 1 fully saturated rings. The third kappa shape index (κ3) is 4.21. The molecule has 0 radical (unpaired) electrons. The highest BCUT2D eigenvalue weighted by molar-refractivity contribution is 5.76. The zero-order valence-electron chi connectivity index (χ0n) is 13.4. The van der Waals surface area contributed by atoms with Gasteiger partial charge in [-0.2, -0.15) is 0 Å². The summed E-state index contributed by atoms with van der Waals surface area (Å²) in [5.74, 6) is 1.19. The van der Waals surface area contributed by atoms with Crippen LogP contribution < -0.4 is 10.1 Å². The van der Waals surface area contributed by atoms with Gasteiger partial charge >= 0.3 is 0 Å². The van der Waals surface area contributed by atoms with Crippen molar-refractivity contribution in [2.24, 2.45) is 0 Å². The van der Waals surface area contributed by atoms with Crippen LogP contribution in [0.1, 0.15) is 29.5 Å². The van der Waals surface area contributed by atoms with Gasteiger partial charge in [-0.15, -0.1) is 0 Å². The molecule has 1 aromatic carbocycles. The molecule has 21 heavy (non-hydrogen) atoms. The van der Waals surface area contributed by atoms with E-state index in [0.717, 1.165) is 50.3 Å². The standard InChI is InChI=1S/C17H26N2O2/c1-13-12-16(21-3)14(2)11-15(13)5-6-17(20)19-9-4-7-18-8-10-19/h11-12,18H,4-10H2,1-3H3. The summed E-state index contributed by atoms with van der Waals surface area (Å²) >= 11 is 0. The molecule has 0 bridgehead atoms. The summed E-state index contributed by atoms with van der Waals surface area (Å²) in [6.07, 6.45) is 2.44. The Balaban J connectivity index is 1.96. The summed E-state index contributed by atoms with van der Waals surface area (Å²) in [6, 6.07) is 4.20. The van der Waals surface area contributed by atoms with Crippen LogP contribution in [0.15, 0.2) is 12.1 Å². The summed E-state index contributed by atoms with van der Waals surface area (Å²) in [7, 11) is 1.69. The van der Waals surface area contributed by atoms with Crippen molar-refractivity contribution >= 4 is 5.91 Å². The van der Waals surface area contributed by atoms with E-state index in [0.29, 0.717) is 6.42 Å². The maximum Gasteiger partial charge on any atom is 0.222 e. The predicted octanol–water partition coefficient (Wildman–Crippen LogP) is 2.07. The van der Waals surface area contributed by atoms with Gasteiger partial charge in [0, 0.05) is 26.1 Å². The zero-order valence-corrected chi connectivity index (χ0v) is 13.4. The summed E-state index contributed by atoms with van der Waals surface area (Å²) in [6.45, 7) is 7.76. The Morgan fingerprint density at radius 1 is 1.24 bits per heavy atom. The van der Waals surface area contributed by atoms with Crippen LogP contribution in [-0.4, -0.2) is 44.1 Å². The van der Waals surface area contributed by atoms with Crippen LogP contribution in [-0.2, 0) is 11.2 Å². The predicted molar refractivity (Wildman–Crippen MR) is 84.9 cm³/mol. The Kier molecular flexibility index (Phi) is 5.62. The van der Waals surface area contributed by atoms with Crippen LogP contribution in [0.3, 0.4) is 0 Å².